The molecule has 1 unspecified atom stereocenters. The molecule has 0 aromatic heterocycles. The first-order valence-electron chi connectivity index (χ1n) is 5.78. The number of para-hydroxylation sites is 1. The van der Waals surface area contributed by atoms with E-state index in [9.17, 15) is 5.11 Å². The standard InChI is InChI=1S/C15H17NO/c1-11-5-3-4-6-15(11)16-12(2)13-7-9-14(17)10-8-13/h3-10,12,16-17H,1-2H3. The van der Waals surface area contributed by atoms with Crippen molar-refractivity contribution in [2.24, 2.45) is 0 Å². The van der Waals surface area contributed by atoms with Crippen molar-refractivity contribution in [2.45, 2.75) is 19.9 Å². The van der Waals surface area contributed by atoms with E-state index in [0.717, 1.165) is 11.3 Å². The highest BCUT2D eigenvalue weighted by molar-refractivity contribution is 5.51. The van der Waals surface area contributed by atoms with E-state index in [2.05, 4.69) is 31.3 Å². The summed E-state index contributed by atoms with van der Waals surface area (Å²) in [4.78, 5) is 0. The molecule has 0 saturated carbocycles. The SMILES string of the molecule is Cc1ccccc1NC(C)c1ccc(O)cc1. The van der Waals surface area contributed by atoms with Crippen molar-refractivity contribution in [3.63, 3.8) is 0 Å². The molecule has 88 valence electrons. The van der Waals surface area contributed by atoms with E-state index < -0.39 is 0 Å². The van der Waals surface area contributed by atoms with Gasteiger partial charge < -0.3 is 10.4 Å². The molecule has 2 rings (SSSR count). The van der Waals surface area contributed by atoms with Crippen LogP contribution in [-0.2, 0) is 0 Å². The van der Waals surface area contributed by atoms with Gasteiger partial charge in [-0.05, 0) is 43.2 Å². The molecule has 0 heterocycles. The molecule has 0 amide bonds. The Kier molecular flexibility index (Phi) is 3.33. The summed E-state index contributed by atoms with van der Waals surface area (Å²) in [6, 6.07) is 15.7. The van der Waals surface area contributed by atoms with Gasteiger partial charge in [0.25, 0.3) is 0 Å². The Morgan fingerprint density at radius 1 is 1.00 bits per heavy atom. The van der Waals surface area contributed by atoms with E-state index in [1.165, 1.54) is 5.56 Å². The summed E-state index contributed by atoms with van der Waals surface area (Å²) in [6.45, 7) is 4.20. The zero-order valence-electron chi connectivity index (χ0n) is 10.1. The van der Waals surface area contributed by atoms with Gasteiger partial charge in [-0.15, -0.1) is 0 Å². The normalized spacial score (nSPS) is 12.1. The lowest BCUT2D eigenvalue weighted by molar-refractivity contribution is 0.475. The molecule has 0 aliphatic rings. The summed E-state index contributed by atoms with van der Waals surface area (Å²) in [5.74, 6) is 0.303. The summed E-state index contributed by atoms with van der Waals surface area (Å²) in [6.07, 6.45) is 0. The first kappa shape index (κ1) is 11.5. The molecule has 0 spiro atoms. The third-order valence-corrected chi connectivity index (χ3v) is 2.91. The Balaban J connectivity index is 2.14. The Bertz CT molecular complexity index is 491. The van der Waals surface area contributed by atoms with Crippen molar-refractivity contribution in [2.75, 3.05) is 5.32 Å². The Morgan fingerprint density at radius 2 is 1.65 bits per heavy atom. The first-order chi connectivity index (χ1) is 8.16. The molecule has 2 nitrogen and oxygen atoms in total. The third-order valence-electron chi connectivity index (χ3n) is 2.91. The largest absolute Gasteiger partial charge is 0.508 e. The third kappa shape index (κ3) is 2.78. The van der Waals surface area contributed by atoms with Crippen molar-refractivity contribution in [1.82, 2.24) is 0 Å². The van der Waals surface area contributed by atoms with E-state index in [0.29, 0.717) is 5.75 Å². The van der Waals surface area contributed by atoms with E-state index in [1.54, 1.807) is 12.1 Å². The quantitative estimate of drug-likeness (QED) is 0.834. The number of hydrogen-bond acceptors (Lipinski definition) is 2. The van der Waals surface area contributed by atoms with Gasteiger partial charge in [-0.2, -0.15) is 0 Å². The van der Waals surface area contributed by atoms with Crippen molar-refractivity contribution in [3.05, 3.63) is 59.7 Å². The monoisotopic (exact) mass is 227 g/mol. The van der Waals surface area contributed by atoms with Gasteiger partial charge in [-0.3, -0.25) is 0 Å². The van der Waals surface area contributed by atoms with Gasteiger partial charge in [0.2, 0.25) is 0 Å². The van der Waals surface area contributed by atoms with Crippen LogP contribution in [0.25, 0.3) is 0 Å². The van der Waals surface area contributed by atoms with Gasteiger partial charge >= 0.3 is 0 Å². The Hall–Kier alpha value is -1.96. The van der Waals surface area contributed by atoms with Crippen LogP contribution in [0.5, 0.6) is 5.75 Å². The molecule has 1 atom stereocenters. The van der Waals surface area contributed by atoms with Crippen LogP contribution in [0.4, 0.5) is 5.69 Å². The minimum absolute atomic E-state index is 0.219. The molecule has 0 aliphatic carbocycles. The van der Waals surface area contributed by atoms with Crippen molar-refractivity contribution >= 4 is 5.69 Å². The second-order valence-corrected chi connectivity index (χ2v) is 4.27. The average molecular weight is 227 g/mol. The predicted molar refractivity (Wildman–Crippen MR) is 71.3 cm³/mol. The number of phenolic OH excluding ortho intramolecular Hbond substituents is 1. The highest BCUT2D eigenvalue weighted by atomic mass is 16.3. The number of hydrogen-bond donors (Lipinski definition) is 2. The van der Waals surface area contributed by atoms with Gasteiger partial charge in [0, 0.05) is 11.7 Å². The summed E-state index contributed by atoms with van der Waals surface area (Å²) < 4.78 is 0. The maximum atomic E-state index is 9.25. The zero-order valence-corrected chi connectivity index (χ0v) is 10.1. The molecule has 2 N–H and O–H groups in total. The molecular weight excluding hydrogens is 210 g/mol. The highest BCUT2D eigenvalue weighted by Gasteiger charge is 2.06. The van der Waals surface area contributed by atoms with Crippen LogP contribution in [0, 0.1) is 6.92 Å². The smallest absolute Gasteiger partial charge is 0.115 e. The van der Waals surface area contributed by atoms with Gasteiger partial charge in [0.05, 0.1) is 0 Å². The van der Waals surface area contributed by atoms with Crippen LogP contribution >= 0.6 is 0 Å². The minimum atomic E-state index is 0.219. The molecule has 0 saturated heterocycles. The minimum Gasteiger partial charge on any atom is -0.508 e. The van der Waals surface area contributed by atoms with Crippen LogP contribution in [0.2, 0.25) is 0 Å². The predicted octanol–water partition coefficient (Wildman–Crippen LogP) is 3.87. The van der Waals surface area contributed by atoms with Gasteiger partial charge in [0.15, 0.2) is 0 Å². The van der Waals surface area contributed by atoms with Crippen molar-refractivity contribution < 1.29 is 5.11 Å². The Labute approximate surface area is 102 Å². The summed E-state index contributed by atoms with van der Waals surface area (Å²) >= 11 is 0. The Morgan fingerprint density at radius 3 is 2.29 bits per heavy atom. The summed E-state index contributed by atoms with van der Waals surface area (Å²) in [5.41, 5.74) is 3.54. The van der Waals surface area contributed by atoms with E-state index in [1.807, 2.05) is 24.3 Å². The van der Waals surface area contributed by atoms with Crippen LogP contribution in [0.15, 0.2) is 48.5 Å². The van der Waals surface area contributed by atoms with Crippen molar-refractivity contribution in [3.8, 4) is 5.75 Å². The van der Waals surface area contributed by atoms with Crippen molar-refractivity contribution in [1.29, 1.82) is 0 Å². The molecule has 2 heteroatoms. The molecule has 0 radical (unpaired) electrons. The summed E-state index contributed by atoms with van der Waals surface area (Å²) in [7, 11) is 0. The first-order valence-corrected chi connectivity index (χ1v) is 5.78. The summed E-state index contributed by atoms with van der Waals surface area (Å²) in [5, 5.41) is 12.7. The number of phenols is 1. The second kappa shape index (κ2) is 4.91. The van der Waals surface area contributed by atoms with Gasteiger partial charge in [-0.1, -0.05) is 30.3 Å². The van der Waals surface area contributed by atoms with E-state index in [-0.39, 0.29) is 6.04 Å². The fourth-order valence-corrected chi connectivity index (χ4v) is 1.81. The lowest BCUT2D eigenvalue weighted by atomic mass is 10.1. The lowest BCUT2D eigenvalue weighted by Crippen LogP contribution is -2.07. The van der Waals surface area contributed by atoms with E-state index >= 15 is 0 Å². The number of rotatable bonds is 3. The van der Waals surface area contributed by atoms with Crippen LogP contribution in [0.3, 0.4) is 0 Å². The fraction of sp³-hybridized carbons (Fsp3) is 0.200. The topological polar surface area (TPSA) is 32.3 Å². The number of benzene rings is 2. The highest BCUT2D eigenvalue weighted by Crippen LogP contribution is 2.22. The maximum absolute atomic E-state index is 9.25. The number of aromatic hydroxyl groups is 1. The van der Waals surface area contributed by atoms with Gasteiger partial charge in [0.1, 0.15) is 5.75 Å². The lowest BCUT2D eigenvalue weighted by Gasteiger charge is -2.17. The second-order valence-electron chi connectivity index (χ2n) is 4.27. The molecule has 2 aromatic rings. The maximum Gasteiger partial charge on any atom is 0.115 e. The molecule has 17 heavy (non-hydrogen) atoms. The van der Waals surface area contributed by atoms with Crippen LogP contribution < -0.4 is 5.32 Å². The average Bonchev–Trinajstić information content (AvgIpc) is 2.33. The van der Waals surface area contributed by atoms with Gasteiger partial charge in [-0.25, -0.2) is 0 Å². The number of nitrogens with one attached hydrogen (secondary N) is 1. The molecule has 2 aromatic carbocycles. The number of aryl methyl sites for hydroxylation is 1. The molecule has 0 fully saturated rings. The fourth-order valence-electron chi connectivity index (χ4n) is 1.81. The molecule has 0 bridgehead atoms. The van der Waals surface area contributed by atoms with E-state index in [4.69, 9.17) is 0 Å². The van der Waals surface area contributed by atoms with Crippen LogP contribution in [0.1, 0.15) is 24.1 Å². The molecule has 0 aliphatic heterocycles. The number of anilines is 1. The van der Waals surface area contributed by atoms with Crippen LogP contribution in [-0.4, -0.2) is 5.11 Å². The zero-order chi connectivity index (χ0) is 12.3. The molecular formula is C15H17NO.